The molecule has 0 bridgehead atoms. The second-order valence-corrected chi connectivity index (χ2v) is 3.92. The zero-order valence-corrected chi connectivity index (χ0v) is 17.0. The van der Waals surface area contributed by atoms with Crippen LogP contribution in [0.15, 0.2) is 0 Å². The smallest absolute Gasteiger partial charge is 0.0312 e. The SMILES string of the molecule is COC(=O)[CH][CH][CH-]N(C)C.[C-]#[O+].[C-]#[O+].[CH]1[CH][CH][CH][CH]1.[CH]1[CH][CH][CH][CH]1.[Fe+2].[Fe]. The number of esters is 1. The van der Waals surface area contributed by atoms with Gasteiger partial charge in [-0.2, -0.15) is 6.42 Å². The van der Waals surface area contributed by atoms with Crippen LogP contribution in [0.5, 0.6) is 0 Å². The fraction of sp³-hybridized carbons (Fsp3) is 0.158. The van der Waals surface area contributed by atoms with Crippen LogP contribution in [0, 0.1) is 96.9 Å². The molecular weight excluding hydrogens is 418 g/mol. The van der Waals surface area contributed by atoms with Gasteiger partial charge in [0.25, 0.3) is 0 Å². The van der Waals surface area contributed by atoms with Gasteiger partial charge in [-0.25, -0.2) is 0 Å². The van der Waals surface area contributed by atoms with Gasteiger partial charge in [0.2, 0.25) is 0 Å². The second-order valence-electron chi connectivity index (χ2n) is 3.92. The predicted molar refractivity (Wildman–Crippen MR) is 89.5 cm³/mol. The van der Waals surface area contributed by atoms with E-state index < -0.39 is 0 Å². The van der Waals surface area contributed by atoms with Crippen LogP contribution >= 0.6 is 0 Å². The first kappa shape index (κ1) is 36.8. The number of hydrogen-bond acceptors (Lipinski definition) is 3. The molecule has 0 atom stereocenters. The van der Waals surface area contributed by atoms with E-state index >= 15 is 0 Å². The first-order valence-electron chi connectivity index (χ1n) is 6.67. The molecule has 0 N–H and O–H groups in total. The van der Waals surface area contributed by atoms with E-state index in [0.717, 1.165) is 0 Å². The van der Waals surface area contributed by atoms with E-state index in [1.54, 1.807) is 13.0 Å². The molecule has 2 saturated carbocycles. The Kier molecular flexibility index (Phi) is 50.9. The van der Waals surface area contributed by atoms with Crippen molar-refractivity contribution in [3.8, 4) is 0 Å². The molecular formula is C19H22Fe2NO4+. The third kappa shape index (κ3) is 39.2. The summed E-state index contributed by atoms with van der Waals surface area (Å²) < 4.78 is 19.4. The van der Waals surface area contributed by atoms with Crippen molar-refractivity contribution in [2.75, 3.05) is 21.2 Å². The number of nitrogens with zero attached hydrogens (tertiary/aromatic N) is 1. The van der Waals surface area contributed by atoms with Crippen LogP contribution in [-0.4, -0.2) is 32.1 Å². The zero-order valence-electron chi connectivity index (χ0n) is 14.8. The maximum Gasteiger partial charge on any atom is 2.00 e. The van der Waals surface area contributed by atoms with E-state index in [4.69, 9.17) is 9.30 Å². The van der Waals surface area contributed by atoms with Crippen LogP contribution in [0.25, 0.3) is 0 Å². The maximum absolute atomic E-state index is 10.4. The number of hydrogen-bond donors (Lipinski definition) is 0. The Balaban J connectivity index is -0.0000000785. The first-order valence-corrected chi connectivity index (χ1v) is 6.67. The number of carbonyl (C=O) groups excluding carboxylic acids is 1. The molecule has 2 fully saturated rings. The summed E-state index contributed by atoms with van der Waals surface area (Å²) in [5.41, 5.74) is 0. The average Bonchev–Trinajstić information content (AvgIpc) is 3.36. The van der Waals surface area contributed by atoms with Crippen LogP contribution in [0.2, 0.25) is 0 Å². The summed E-state index contributed by atoms with van der Waals surface area (Å²) in [7, 11) is 5.10. The van der Waals surface area contributed by atoms with Gasteiger partial charge >= 0.3 is 45.6 Å². The predicted octanol–water partition coefficient (Wildman–Crippen LogP) is 2.25. The van der Waals surface area contributed by atoms with E-state index in [9.17, 15) is 4.79 Å². The third-order valence-electron chi connectivity index (χ3n) is 1.93. The summed E-state index contributed by atoms with van der Waals surface area (Å²) in [6.45, 7) is 10.8. The molecule has 0 aromatic carbocycles. The summed E-state index contributed by atoms with van der Waals surface area (Å²) in [6, 6.07) is 0. The minimum absolute atomic E-state index is 0. The average molecular weight is 440 g/mol. The summed E-state index contributed by atoms with van der Waals surface area (Å²) in [4.78, 5) is 12.3. The Morgan fingerprint density at radius 2 is 1.15 bits per heavy atom. The molecule has 12 radical (unpaired) electrons. The molecule has 0 spiro atoms. The van der Waals surface area contributed by atoms with Crippen LogP contribution in [0.1, 0.15) is 0 Å². The van der Waals surface area contributed by atoms with Gasteiger partial charge in [-0.15, -0.1) is 0 Å². The fourth-order valence-electron chi connectivity index (χ4n) is 1.00. The Bertz CT molecular complexity index is 259. The van der Waals surface area contributed by atoms with Gasteiger partial charge in [0.1, 0.15) is 0 Å². The van der Waals surface area contributed by atoms with Crippen molar-refractivity contribution in [3.63, 3.8) is 0 Å². The van der Waals surface area contributed by atoms with Crippen LogP contribution in [0.4, 0.5) is 0 Å². The number of methoxy groups -OCH3 is 1. The van der Waals surface area contributed by atoms with Crippen molar-refractivity contribution in [2.45, 2.75) is 0 Å². The van der Waals surface area contributed by atoms with Crippen molar-refractivity contribution in [3.05, 3.63) is 96.9 Å². The molecule has 0 aliphatic heterocycles. The molecule has 0 aromatic heterocycles. The van der Waals surface area contributed by atoms with Crippen LogP contribution in [-0.2, 0) is 53.0 Å². The first-order chi connectivity index (χ1) is 11.7. The molecule has 0 amide bonds. The molecule has 7 heteroatoms. The van der Waals surface area contributed by atoms with Crippen molar-refractivity contribution < 1.29 is 53.0 Å². The Morgan fingerprint density at radius 3 is 1.35 bits per heavy atom. The van der Waals surface area contributed by atoms with E-state index in [1.807, 2.05) is 83.2 Å². The molecule has 2 aliphatic carbocycles. The zero-order chi connectivity index (χ0) is 19.1. The third-order valence-corrected chi connectivity index (χ3v) is 1.93. The number of carbonyl (C=O) groups is 1. The summed E-state index contributed by atoms with van der Waals surface area (Å²) in [5, 5.41) is 0. The van der Waals surface area contributed by atoms with Gasteiger partial charge < -0.3 is 9.64 Å². The van der Waals surface area contributed by atoms with Crippen molar-refractivity contribution >= 4 is 5.97 Å². The maximum atomic E-state index is 10.4. The van der Waals surface area contributed by atoms with E-state index in [2.05, 4.69) is 18.0 Å². The minimum atomic E-state index is -0.335. The molecule has 0 unspecified atom stereocenters. The largest absolute Gasteiger partial charge is 2.00 e. The molecule has 0 heterocycles. The number of rotatable bonds is 4. The topological polar surface area (TPSA) is 69.3 Å². The molecule has 0 aromatic rings. The Labute approximate surface area is 181 Å². The van der Waals surface area contributed by atoms with Gasteiger partial charge in [0, 0.05) is 23.5 Å². The van der Waals surface area contributed by atoms with Crippen molar-refractivity contribution in [1.29, 1.82) is 0 Å². The molecule has 142 valence electrons. The van der Waals surface area contributed by atoms with Gasteiger partial charge in [0.15, 0.2) is 0 Å². The standard InChI is InChI=1S/C7H12NO2.2C5H5.2CO.2Fe/c1-8(2)6-4-5-7(9)10-3;2*1-2-4-5-3-1;2*1-2;;/h4-6H,1-3H3;2*1-5H;;;;/q-1;;;;;;+2. The van der Waals surface area contributed by atoms with E-state index in [0.29, 0.717) is 0 Å². The van der Waals surface area contributed by atoms with E-state index in [1.165, 1.54) is 13.5 Å². The van der Waals surface area contributed by atoms with Crippen LogP contribution in [0.3, 0.4) is 0 Å². The second kappa shape index (κ2) is 36.0. The molecule has 5 nitrogen and oxygen atoms in total. The number of ether oxygens (including phenoxy) is 1. The summed E-state index contributed by atoms with van der Waals surface area (Å²) in [6.07, 6.45) is 23.0. The molecule has 2 rings (SSSR count). The fourth-order valence-corrected chi connectivity index (χ4v) is 1.00. The molecule has 0 saturated heterocycles. The van der Waals surface area contributed by atoms with Crippen molar-refractivity contribution in [2.24, 2.45) is 0 Å². The van der Waals surface area contributed by atoms with Crippen LogP contribution < -0.4 is 0 Å². The van der Waals surface area contributed by atoms with Gasteiger partial charge in [-0.1, -0.05) is 0 Å². The van der Waals surface area contributed by atoms with Gasteiger partial charge in [-0.3, -0.25) is 11.3 Å². The van der Waals surface area contributed by atoms with Gasteiger partial charge in [0.05, 0.1) is 7.11 Å². The Morgan fingerprint density at radius 1 is 0.885 bits per heavy atom. The van der Waals surface area contributed by atoms with Crippen molar-refractivity contribution in [1.82, 2.24) is 4.90 Å². The monoisotopic (exact) mass is 440 g/mol. The minimum Gasteiger partial charge on any atom is -0.0312 e. The van der Waals surface area contributed by atoms with Gasteiger partial charge in [-0.05, 0) is 78.3 Å². The van der Waals surface area contributed by atoms with E-state index in [-0.39, 0.29) is 40.1 Å². The quantitative estimate of drug-likeness (QED) is 0.292. The molecule has 26 heavy (non-hydrogen) atoms. The summed E-state index contributed by atoms with van der Waals surface area (Å²) >= 11 is 0. The summed E-state index contributed by atoms with van der Waals surface area (Å²) in [5.74, 6) is -0.335. The Hall–Kier alpha value is -0.0510. The molecule has 2 aliphatic rings. The normalized spacial score (nSPS) is 13.2.